The van der Waals surface area contributed by atoms with Gasteiger partial charge in [0.05, 0.1) is 17.1 Å². The van der Waals surface area contributed by atoms with Gasteiger partial charge in [0, 0.05) is 19.2 Å². The minimum Gasteiger partial charge on any atom is -0.465 e. The molecule has 1 aliphatic rings. The van der Waals surface area contributed by atoms with Gasteiger partial charge >= 0.3 is 17.2 Å². The molecule has 1 atom stereocenters. The van der Waals surface area contributed by atoms with Crippen LogP contribution in [0.25, 0.3) is 0 Å². The summed E-state index contributed by atoms with van der Waals surface area (Å²) in [5.41, 5.74) is -1.80. The number of Topliss-reactive ketones (excluding diaryl/α,β-unsaturated/α-hetero) is 1. The van der Waals surface area contributed by atoms with Crippen LogP contribution in [0, 0.1) is 16.0 Å². The van der Waals surface area contributed by atoms with Gasteiger partial charge in [0.2, 0.25) is 0 Å². The Balaban J connectivity index is 2.58. The smallest absolute Gasteiger partial charge is 0.338 e. The molecule has 8 nitrogen and oxygen atoms in total. The third-order valence-electron chi connectivity index (χ3n) is 3.55. The maximum atomic E-state index is 12.4. The fraction of sp³-hybridized carbons (Fsp3) is 0.500. The zero-order valence-electron chi connectivity index (χ0n) is 12.3. The Kier molecular flexibility index (Phi) is 4.39. The highest BCUT2D eigenvalue weighted by molar-refractivity contribution is 6.07. The summed E-state index contributed by atoms with van der Waals surface area (Å²) in [6.07, 6.45) is 2.60. The van der Waals surface area contributed by atoms with Crippen molar-refractivity contribution in [3.63, 3.8) is 0 Å². The molecule has 2 rings (SSSR count). The Morgan fingerprint density at radius 1 is 1.50 bits per heavy atom. The maximum absolute atomic E-state index is 12.4. The molecular weight excluding hydrogens is 292 g/mol. The van der Waals surface area contributed by atoms with Crippen molar-refractivity contribution >= 4 is 17.4 Å². The lowest BCUT2D eigenvalue weighted by Crippen LogP contribution is -2.30. The van der Waals surface area contributed by atoms with Gasteiger partial charge < -0.3 is 9.30 Å². The van der Waals surface area contributed by atoms with Gasteiger partial charge in [0.25, 0.3) is 0 Å². The van der Waals surface area contributed by atoms with Crippen molar-refractivity contribution in [3.05, 3.63) is 38.3 Å². The molecule has 8 heteroatoms. The van der Waals surface area contributed by atoms with Crippen LogP contribution in [0.2, 0.25) is 0 Å². The summed E-state index contributed by atoms with van der Waals surface area (Å²) in [5.74, 6) is -2.98. The van der Waals surface area contributed by atoms with Gasteiger partial charge in [0.15, 0.2) is 5.78 Å². The Labute approximate surface area is 125 Å². The second-order valence-electron chi connectivity index (χ2n) is 5.15. The van der Waals surface area contributed by atoms with E-state index in [0.717, 1.165) is 4.57 Å². The van der Waals surface area contributed by atoms with Crippen molar-refractivity contribution in [2.75, 3.05) is 6.61 Å². The molecule has 0 spiro atoms. The lowest BCUT2D eigenvalue weighted by Gasteiger charge is -2.15. The molecule has 1 saturated carbocycles. The predicted octanol–water partition coefficient (Wildman–Crippen LogP) is 0.919. The summed E-state index contributed by atoms with van der Waals surface area (Å²) in [7, 11) is 1.36. The van der Waals surface area contributed by atoms with E-state index >= 15 is 0 Å². The maximum Gasteiger partial charge on any atom is 0.338 e. The normalized spacial score (nSPS) is 15.2. The molecule has 1 aliphatic carbocycles. The average molecular weight is 308 g/mol. The number of nitrogens with zero attached hydrogens (tertiary/aromatic N) is 2. The number of carbonyl (C=O) groups excluding carboxylic acids is 2. The van der Waals surface area contributed by atoms with Gasteiger partial charge in [-0.25, -0.2) is 0 Å². The molecule has 0 aliphatic heterocycles. The molecule has 0 N–H and O–H groups in total. The highest BCUT2D eigenvalue weighted by Gasteiger charge is 2.43. The zero-order valence-corrected chi connectivity index (χ0v) is 12.3. The topological polar surface area (TPSA) is 109 Å². The summed E-state index contributed by atoms with van der Waals surface area (Å²) in [5, 5.41) is 11.2. The predicted molar refractivity (Wildman–Crippen MR) is 75.4 cm³/mol. The van der Waals surface area contributed by atoms with E-state index in [9.17, 15) is 24.5 Å². The van der Waals surface area contributed by atoms with E-state index in [1.807, 2.05) is 0 Å². The molecule has 0 aromatic carbocycles. The van der Waals surface area contributed by atoms with E-state index in [-0.39, 0.29) is 18.1 Å². The van der Waals surface area contributed by atoms with Crippen LogP contribution < -0.4 is 5.56 Å². The molecular formula is C14H16N2O6. The minimum atomic E-state index is -1.42. The van der Waals surface area contributed by atoms with Gasteiger partial charge in [-0.3, -0.25) is 24.5 Å². The summed E-state index contributed by atoms with van der Waals surface area (Å²) >= 11 is 0. The molecule has 0 saturated heterocycles. The lowest BCUT2D eigenvalue weighted by atomic mass is 9.91. The molecule has 0 amide bonds. The molecule has 1 unspecified atom stereocenters. The van der Waals surface area contributed by atoms with Gasteiger partial charge in [-0.05, 0) is 25.8 Å². The monoisotopic (exact) mass is 308 g/mol. The van der Waals surface area contributed by atoms with Crippen molar-refractivity contribution in [3.8, 4) is 0 Å². The lowest BCUT2D eigenvalue weighted by molar-refractivity contribution is -0.387. The second kappa shape index (κ2) is 6.08. The SMILES string of the molecule is CCOC(=O)C(C(=O)C1CC1)c1ccn(C)c(=O)c1[N+](=O)[O-]. The second-order valence-corrected chi connectivity index (χ2v) is 5.15. The molecule has 22 heavy (non-hydrogen) atoms. The van der Waals surface area contributed by atoms with Crippen molar-refractivity contribution in [1.29, 1.82) is 0 Å². The quantitative estimate of drug-likeness (QED) is 0.334. The Morgan fingerprint density at radius 3 is 2.64 bits per heavy atom. The Hall–Kier alpha value is -2.51. The average Bonchev–Trinajstić information content (AvgIpc) is 3.27. The number of aromatic nitrogens is 1. The zero-order chi connectivity index (χ0) is 16.4. The first-order valence-corrected chi connectivity index (χ1v) is 6.92. The van der Waals surface area contributed by atoms with E-state index in [2.05, 4.69) is 0 Å². The van der Waals surface area contributed by atoms with E-state index < -0.39 is 33.8 Å². The number of hydrogen-bond donors (Lipinski definition) is 0. The number of aryl methyl sites for hydroxylation is 1. The van der Waals surface area contributed by atoms with E-state index in [1.54, 1.807) is 6.92 Å². The standard InChI is InChI=1S/C14H16N2O6/c1-3-22-14(19)10(12(17)8-4-5-8)9-6-7-15(2)13(18)11(9)16(20)21/h6-8,10H,3-5H2,1-2H3. The van der Waals surface area contributed by atoms with Gasteiger partial charge in [-0.2, -0.15) is 0 Å². The van der Waals surface area contributed by atoms with Crippen LogP contribution in [-0.2, 0) is 21.4 Å². The first-order valence-electron chi connectivity index (χ1n) is 6.92. The summed E-state index contributed by atoms with van der Waals surface area (Å²) in [6, 6.07) is 1.27. The summed E-state index contributed by atoms with van der Waals surface area (Å²) in [6.45, 7) is 1.63. The number of ketones is 1. The summed E-state index contributed by atoms with van der Waals surface area (Å²) in [4.78, 5) is 46.8. The highest BCUT2D eigenvalue weighted by atomic mass is 16.6. The van der Waals surface area contributed by atoms with Crippen LogP contribution in [0.4, 0.5) is 5.69 Å². The third kappa shape index (κ3) is 2.90. The van der Waals surface area contributed by atoms with Crippen LogP contribution in [0.5, 0.6) is 0 Å². The van der Waals surface area contributed by atoms with Gasteiger partial charge in [-0.1, -0.05) is 0 Å². The van der Waals surface area contributed by atoms with Crippen molar-refractivity contribution < 1.29 is 19.2 Å². The minimum absolute atomic E-state index is 0.0475. The molecule has 1 heterocycles. The Bertz CT molecular complexity index is 689. The molecule has 1 aromatic rings. The number of ether oxygens (including phenoxy) is 1. The highest BCUT2D eigenvalue weighted by Crippen LogP contribution is 2.37. The summed E-state index contributed by atoms with van der Waals surface area (Å²) < 4.78 is 5.90. The van der Waals surface area contributed by atoms with Crippen LogP contribution in [0.1, 0.15) is 31.2 Å². The van der Waals surface area contributed by atoms with E-state index in [0.29, 0.717) is 12.8 Å². The van der Waals surface area contributed by atoms with Gasteiger partial charge in [0.1, 0.15) is 5.92 Å². The molecule has 0 bridgehead atoms. The van der Waals surface area contributed by atoms with E-state index in [4.69, 9.17) is 4.74 Å². The van der Waals surface area contributed by atoms with Crippen molar-refractivity contribution in [2.24, 2.45) is 13.0 Å². The van der Waals surface area contributed by atoms with Gasteiger partial charge in [-0.15, -0.1) is 0 Å². The molecule has 1 aromatic heterocycles. The third-order valence-corrected chi connectivity index (χ3v) is 3.55. The molecule has 118 valence electrons. The number of nitro groups is 1. The van der Waals surface area contributed by atoms with E-state index in [1.165, 1.54) is 19.3 Å². The largest absolute Gasteiger partial charge is 0.465 e. The van der Waals surface area contributed by atoms with Crippen LogP contribution in [-0.4, -0.2) is 27.8 Å². The molecule has 0 radical (unpaired) electrons. The van der Waals surface area contributed by atoms with Crippen LogP contribution in [0.15, 0.2) is 17.1 Å². The number of esters is 1. The number of pyridine rings is 1. The number of carbonyl (C=O) groups is 2. The van der Waals surface area contributed by atoms with Crippen LogP contribution >= 0.6 is 0 Å². The van der Waals surface area contributed by atoms with Crippen molar-refractivity contribution in [2.45, 2.75) is 25.7 Å². The number of hydrogen-bond acceptors (Lipinski definition) is 6. The fourth-order valence-corrected chi connectivity index (χ4v) is 2.27. The Morgan fingerprint density at radius 2 is 2.14 bits per heavy atom. The fourth-order valence-electron chi connectivity index (χ4n) is 2.27. The van der Waals surface area contributed by atoms with Crippen molar-refractivity contribution in [1.82, 2.24) is 4.57 Å². The molecule has 1 fully saturated rings. The van der Waals surface area contributed by atoms with Crippen LogP contribution in [0.3, 0.4) is 0 Å². The first kappa shape index (κ1) is 15.9. The first-order chi connectivity index (χ1) is 10.4. The number of rotatable bonds is 6.